The molecule has 35 heavy (non-hydrogen) atoms. The van der Waals surface area contributed by atoms with Crippen LogP contribution in [-0.2, 0) is 4.74 Å². The number of nitrogens with two attached hydrogens (primary N) is 1. The Hall–Kier alpha value is -3.73. The molecule has 0 bridgehead atoms. The lowest BCUT2D eigenvalue weighted by atomic mass is 10.1. The van der Waals surface area contributed by atoms with Gasteiger partial charge in [0, 0.05) is 18.1 Å². The maximum Gasteiger partial charge on any atom is 0.410 e. The van der Waals surface area contributed by atoms with Crippen LogP contribution in [0.2, 0.25) is 5.02 Å². The lowest BCUT2D eigenvalue weighted by Crippen LogP contribution is -2.43. The minimum atomic E-state index is -0.604. The monoisotopic (exact) mass is 497 g/mol. The van der Waals surface area contributed by atoms with Crippen LogP contribution in [0.3, 0.4) is 0 Å². The first kappa shape index (κ1) is 23.0. The summed E-state index contributed by atoms with van der Waals surface area (Å²) in [7, 11) is 0. The Morgan fingerprint density at radius 3 is 2.83 bits per heavy atom. The fourth-order valence-electron chi connectivity index (χ4n) is 4.15. The fourth-order valence-corrected chi connectivity index (χ4v) is 4.32. The Bertz CT molecular complexity index is 1460. The van der Waals surface area contributed by atoms with E-state index in [1.165, 1.54) is 6.33 Å². The van der Waals surface area contributed by atoms with Gasteiger partial charge in [0.1, 0.15) is 23.3 Å². The van der Waals surface area contributed by atoms with Gasteiger partial charge in [0.15, 0.2) is 16.9 Å². The number of aromatic nitrogens is 5. The number of ketones is 1. The molecule has 1 fully saturated rings. The van der Waals surface area contributed by atoms with E-state index in [0.29, 0.717) is 40.2 Å². The third-order valence-electron chi connectivity index (χ3n) is 5.67. The predicted molar refractivity (Wildman–Crippen MR) is 128 cm³/mol. The Labute approximate surface area is 205 Å². The van der Waals surface area contributed by atoms with E-state index >= 15 is 0 Å². The minimum absolute atomic E-state index is 0.0325. The smallest absolute Gasteiger partial charge is 0.410 e. The summed E-state index contributed by atoms with van der Waals surface area (Å²) in [6, 6.07) is 4.66. The van der Waals surface area contributed by atoms with Crippen molar-refractivity contribution in [3.8, 4) is 0 Å². The number of hydrogen-bond donors (Lipinski definition) is 1. The number of carbonyl (C=O) groups excluding carboxylic acids is 2. The molecule has 0 aliphatic carbocycles. The standard InChI is InChI=1S/C23H24ClN7O4/c1-23(2,3)35-22(33)30-8-4-5-13(10-30)31-20-16(19(25)26-11-27-20)17(29-31)18(32)21-28-14-9-12(24)6-7-15(14)34-21/h6-7,9,11,13H,4-5,8,10H2,1-3H3,(H2,25,26,27)/t13-/m1/s1. The highest BCUT2D eigenvalue weighted by molar-refractivity contribution is 6.31. The van der Waals surface area contributed by atoms with Gasteiger partial charge in [0.2, 0.25) is 0 Å². The summed E-state index contributed by atoms with van der Waals surface area (Å²) < 4.78 is 12.8. The lowest BCUT2D eigenvalue weighted by molar-refractivity contribution is 0.0168. The molecule has 1 aromatic carbocycles. The molecule has 2 N–H and O–H groups in total. The molecule has 5 rings (SSSR count). The van der Waals surface area contributed by atoms with Gasteiger partial charge in [-0.1, -0.05) is 11.6 Å². The number of hydrogen-bond acceptors (Lipinski definition) is 9. The van der Waals surface area contributed by atoms with Gasteiger partial charge in [-0.15, -0.1) is 0 Å². The molecule has 1 atom stereocenters. The van der Waals surface area contributed by atoms with Crippen molar-refractivity contribution in [3.05, 3.63) is 41.1 Å². The van der Waals surface area contributed by atoms with Crippen LogP contribution in [0.1, 0.15) is 56.0 Å². The fraction of sp³-hybridized carbons (Fsp3) is 0.391. The maximum absolute atomic E-state index is 13.4. The molecule has 0 radical (unpaired) electrons. The third kappa shape index (κ3) is 4.39. The summed E-state index contributed by atoms with van der Waals surface area (Å²) >= 11 is 6.03. The largest absolute Gasteiger partial charge is 0.444 e. The number of piperidine rings is 1. The lowest BCUT2D eigenvalue weighted by Gasteiger charge is -2.34. The number of carbonyl (C=O) groups is 2. The van der Waals surface area contributed by atoms with Crippen LogP contribution in [0.5, 0.6) is 0 Å². The summed E-state index contributed by atoms with van der Waals surface area (Å²) in [6.45, 7) is 6.39. The third-order valence-corrected chi connectivity index (χ3v) is 5.91. The summed E-state index contributed by atoms with van der Waals surface area (Å²) in [5, 5.41) is 5.37. The van der Waals surface area contributed by atoms with Gasteiger partial charge in [0.05, 0.1) is 11.4 Å². The molecule has 0 spiro atoms. The zero-order valence-electron chi connectivity index (χ0n) is 19.5. The number of benzene rings is 1. The van der Waals surface area contributed by atoms with Crippen LogP contribution in [-0.4, -0.2) is 60.2 Å². The number of nitrogens with zero attached hydrogens (tertiary/aromatic N) is 6. The Balaban J connectivity index is 1.52. The highest BCUT2D eigenvalue weighted by Crippen LogP contribution is 2.31. The van der Waals surface area contributed by atoms with Crippen LogP contribution in [0, 0.1) is 0 Å². The van der Waals surface area contributed by atoms with Crippen molar-refractivity contribution in [2.45, 2.75) is 45.3 Å². The molecule has 4 heterocycles. The van der Waals surface area contributed by atoms with Gasteiger partial charge in [-0.25, -0.2) is 24.4 Å². The molecule has 1 amide bonds. The van der Waals surface area contributed by atoms with E-state index in [2.05, 4.69) is 20.1 Å². The van der Waals surface area contributed by atoms with Crippen LogP contribution < -0.4 is 5.73 Å². The summed E-state index contributed by atoms with van der Waals surface area (Å²) in [4.78, 5) is 40.4. The first-order chi connectivity index (χ1) is 16.6. The van der Waals surface area contributed by atoms with E-state index < -0.39 is 17.5 Å². The van der Waals surface area contributed by atoms with Gasteiger partial charge in [-0.3, -0.25) is 4.79 Å². The van der Waals surface area contributed by atoms with E-state index in [-0.39, 0.29) is 23.4 Å². The van der Waals surface area contributed by atoms with Crippen molar-refractivity contribution in [3.63, 3.8) is 0 Å². The molecule has 11 nitrogen and oxygen atoms in total. The van der Waals surface area contributed by atoms with Crippen LogP contribution >= 0.6 is 11.6 Å². The second-order valence-corrected chi connectivity index (χ2v) is 9.87. The zero-order valence-corrected chi connectivity index (χ0v) is 20.2. The molecular weight excluding hydrogens is 474 g/mol. The average molecular weight is 498 g/mol. The molecule has 0 saturated carbocycles. The number of halogens is 1. The van der Waals surface area contributed by atoms with Crippen LogP contribution in [0.4, 0.5) is 10.6 Å². The van der Waals surface area contributed by atoms with E-state index in [1.54, 1.807) is 27.8 Å². The number of rotatable bonds is 3. The van der Waals surface area contributed by atoms with Gasteiger partial charge in [0.25, 0.3) is 11.7 Å². The van der Waals surface area contributed by atoms with E-state index in [9.17, 15) is 9.59 Å². The highest BCUT2D eigenvalue weighted by Gasteiger charge is 2.33. The minimum Gasteiger partial charge on any atom is -0.444 e. The van der Waals surface area contributed by atoms with Crippen LogP contribution in [0.15, 0.2) is 28.9 Å². The molecule has 4 aromatic rings. The summed E-state index contributed by atoms with van der Waals surface area (Å²) in [6.07, 6.45) is 2.39. The van der Waals surface area contributed by atoms with Crippen molar-refractivity contribution in [1.29, 1.82) is 0 Å². The molecule has 182 valence electrons. The number of fused-ring (bicyclic) bond motifs is 2. The first-order valence-electron chi connectivity index (χ1n) is 11.2. The molecule has 1 aliphatic heterocycles. The predicted octanol–water partition coefficient (Wildman–Crippen LogP) is 4.01. The highest BCUT2D eigenvalue weighted by atomic mass is 35.5. The quantitative estimate of drug-likeness (QED) is 0.415. The maximum atomic E-state index is 13.4. The Morgan fingerprint density at radius 2 is 2.06 bits per heavy atom. The number of amides is 1. The molecular formula is C23H24ClN7O4. The number of nitrogen functional groups attached to an aromatic ring is 1. The number of likely N-dealkylation sites (tertiary alicyclic amines) is 1. The first-order valence-corrected chi connectivity index (χ1v) is 11.6. The molecule has 1 aliphatic rings. The molecule has 0 unspecified atom stereocenters. The summed E-state index contributed by atoms with van der Waals surface area (Å²) in [5.74, 6) is -0.581. The van der Waals surface area contributed by atoms with Gasteiger partial charge in [-0.2, -0.15) is 5.10 Å². The summed E-state index contributed by atoms with van der Waals surface area (Å²) in [5.41, 5.74) is 6.85. The van der Waals surface area contributed by atoms with Crippen molar-refractivity contribution in [2.75, 3.05) is 18.8 Å². The zero-order chi connectivity index (χ0) is 24.9. The molecule has 1 saturated heterocycles. The molecule has 3 aromatic heterocycles. The number of anilines is 1. The number of ether oxygens (including phenoxy) is 1. The van der Waals surface area contributed by atoms with E-state index in [1.807, 2.05) is 20.8 Å². The second-order valence-electron chi connectivity index (χ2n) is 9.43. The SMILES string of the molecule is CC(C)(C)OC(=O)N1CCC[C@@H](n2nc(C(=O)c3nc4cc(Cl)ccc4o3)c3c(N)ncnc32)C1. The van der Waals surface area contributed by atoms with Crippen molar-refractivity contribution < 1.29 is 18.7 Å². The van der Waals surface area contributed by atoms with Gasteiger partial charge in [-0.05, 0) is 51.8 Å². The van der Waals surface area contributed by atoms with Crippen molar-refractivity contribution in [2.24, 2.45) is 0 Å². The Morgan fingerprint density at radius 1 is 1.26 bits per heavy atom. The van der Waals surface area contributed by atoms with E-state index in [0.717, 1.165) is 12.8 Å². The van der Waals surface area contributed by atoms with Crippen LogP contribution in [0.25, 0.3) is 22.1 Å². The van der Waals surface area contributed by atoms with E-state index in [4.69, 9.17) is 26.5 Å². The Kier molecular flexibility index (Phi) is 5.59. The number of oxazole rings is 1. The molecule has 12 heteroatoms. The second kappa shape index (κ2) is 8.49. The topological polar surface area (TPSA) is 142 Å². The normalized spacial score (nSPS) is 16.7. The van der Waals surface area contributed by atoms with Crippen molar-refractivity contribution in [1.82, 2.24) is 29.6 Å². The average Bonchev–Trinajstić information content (AvgIpc) is 3.40. The van der Waals surface area contributed by atoms with Crippen molar-refractivity contribution >= 4 is 51.4 Å². The van der Waals surface area contributed by atoms with Gasteiger partial charge >= 0.3 is 6.09 Å². The van der Waals surface area contributed by atoms with Gasteiger partial charge < -0.3 is 19.8 Å².